The smallest absolute Gasteiger partial charge is 0.251 e. The maximum Gasteiger partial charge on any atom is 0.251 e. The highest BCUT2D eigenvalue weighted by atomic mass is 32.2. The summed E-state index contributed by atoms with van der Waals surface area (Å²) in [6.45, 7) is 1.96. The molecule has 0 saturated heterocycles. The summed E-state index contributed by atoms with van der Waals surface area (Å²) in [5, 5.41) is 2.97. The van der Waals surface area contributed by atoms with Crippen LogP contribution < -0.4 is 10.0 Å². The molecular formula is C26H29N3O4S. The molecule has 8 heteroatoms. The number of hydrogen-bond donors (Lipinski definition) is 2. The number of likely N-dealkylation sites (N-methyl/N-ethyl adjacent to an activating group) is 1. The number of nitrogens with one attached hydrogen (secondary N) is 2. The number of nitrogens with zero attached hydrogens (tertiary/aromatic N) is 1. The van der Waals surface area contributed by atoms with Crippen LogP contribution in [0.4, 0.5) is 0 Å². The van der Waals surface area contributed by atoms with Crippen molar-refractivity contribution in [1.82, 2.24) is 14.9 Å². The first kappa shape index (κ1) is 25.3. The summed E-state index contributed by atoms with van der Waals surface area (Å²) in [7, 11) is 0.214. The number of amides is 1. The van der Waals surface area contributed by atoms with Crippen molar-refractivity contribution in [3.63, 3.8) is 0 Å². The van der Waals surface area contributed by atoms with Gasteiger partial charge in [0.15, 0.2) is 5.78 Å². The molecule has 0 aliphatic rings. The minimum atomic E-state index is -3.73. The molecule has 3 aromatic carbocycles. The number of ketones is 1. The summed E-state index contributed by atoms with van der Waals surface area (Å²) >= 11 is 0. The standard InChI is InChI=1S/C26H29N3O4S/c1-19(30)21-13-15-24(16-14-21)34(32,33)28-17-20-9-11-23(12-10-20)26(31)27-18-25(29(2)3)22-7-5-4-6-8-22/h4-16,25,28H,17-18H2,1-3H3,(H,27,31)/t25-/m0/s1. The highest BCUT2D eigenvalue weighted by Crippen LogP contribution is 2.17. The zero-order valence-corrected chi connectivity index (χ0v) is 20.3. The van der Waals surface area contributed by atoms with Gasteiger partial charge in [0.1, 0.15) is 0 Å². The van der Waals surface area contributed by atoms with E-state index in [4.69, 9.17) is 0 Å². The Bertz CT molecular complexity index is 1220. The lowest BCUT2D eigenvalue weighted by Crippen LogP contribution is -2.34. The number of carbonyl (C=O) groups is 2. The van der Waals surface area contributed by atoms with Crippen LogP contribution >= 0.6 is 0 Å². The van der Waals surface area contributed by atoms with E-state index < -0.39 is 10.0 Å². The minimum absolute atomic E-state index is 0.0448. The summed E-state index contributed by atoms with van der Waals surface area (Å²) in [5.41, 5.74) is 2.78. The molecule has 178 valence electrons. The molecule has 0 aliphatic heterocycles. The van der Waals surface area contributed by atoms with Crippen LogP contribution in [0.2, 0.25) is 0 Å². The first-order valence-electron chi connectivity index (χ1n) is 10.9. The Kier molecular flexibility index (Phi) is 8.33. The molecule has 0 saturated carbocycles. The molecule has 1 atom stereocenters. The predicted octanol–water partition coefficient (Wildman–Crippen LogP) is 3.40. The second-order valence-electron chi connectivity index (χ2n) is 8.20. The van der Waals surface area contributed by atoms with Gasteiger partial charge >= 0.3 is 0 Å². The SMILES string of the molecule is CC(=O)c1ccc(S(=O)(=O)NCc2ccc(C(=O)NC[C@@H](c3ccccc3)N(C)C)cc2)cc1. The topological polar surface area (TPSA) is 95.6 Å². The van der Waals surface area contributed by atoms with Crippen molar-refractivity contribution in [2.45, 2.75) is 24.4 Å². The third kappa shape index (κ3) is 6.60. The Labute approximate surface area is 200 Å². The Morgan fingerprint density at radius 2 is 1.44 bits per heavy atom. The zero-order valence-electron chi connectivity index (χ0n) is 19.5. The highest BCUT2D eigenvalue weighted by Gasteiger charge is 2.17. The van der Waals surface area contributed by atoms with Crippen molar-refractivity contribution in [2.24, 2.45) is 0 Å². The Hall–Kier alpha value is -3.33. The molecule has 0 unspecified atom stereocenters. The largest absolute Gasteiger partial charge is 0.350 e. The second kappa shape index (κ2) is 11.2. The zero-order chi connectivity index (χ0) is 24.7. The number of hydrogen-bond acceptors (Lipinski definition) is 5. The van der Waals surface area contributed by atoms with Crippen LogP contribution in [0.15, 0.2) is 83.8 Å². The third-order valence-corrected chi connectivity index (χ3v) is 6.93. The van der Waals surface area contributed by atoms with E-state index >= 15 is 0 Å². The molecule has 0 aliphatic carbocycles. The molecule has 34 heavy (non-hydrogen) atoms. The molecular weight excluding hydrogens is 450 g/mol. The van der Waals surface area contributed by atoms with Gasteiger partial charge in [-0.1, -0.05) is 54.6 Å². The lowest BCUT2D eigenvalue weighted by atomic mass is 10.1. The molecule has 0 radical (unpaired) electrons. The maximum atomic E-state index is 12.6. The predicted molar refractivity (Wildman–Crippen MR) is 132 cm³/mol. The summed E-state index contributed by atoms with van der Waals surface area (Å²) in [5.74, 6) is -0.321. The van der Waals surface area contributed by atoms with Gasteiger partial charge in [0.05, 0.1) is 10.9 Å². The van der Waals surface area contributed by atoms with E-state index in [-0.39, 0.29) is 29.2 Å². The monoisotopic (exact) mass is 479 g/mol. The molecule has 0 fully saturated rings. The van der Waals surface area contributed by atoms with Crippen LogP contribution in [0.25, 0.3) is 0 Å². The van der Waals surface area contributed by atoms with Gasteiger partial charge < -0.3 is 10.2 Å². The van der Waals surface area contributed by atoms with Gasteiger partial charge in [0.2, 0.25) is 10.0 Å². The van der Waals surface area contributed by atoms with Crippen molar-refractivity contribution < 1.29 is 18.0 Å². The average Bonchev–Trinajstić information content (AvgIpc) is 2.83. The average molecular weight is 480 g/mol. The molecule has 7 nitrogen and oxygen atoms in total. The Morgan fingerprint density at radius 3 is 2.00 bits per heavy atom. The van der Waals surface area contributed by atoms with Crippen molar-refractivity contribution in [2.75, 3.05) is 20.6 Å². The number of rotatable bonds is 10. The summed E-state index contributed by atoms with van der Waals surface area (Å²) < 4.78 is 27.6. The summed E-state index contributed by atoms with van der Waals surface area (Å²) in [6.07, 6.45) is 0. The molecule has 3 rings (SSSR count). The van der Waals surface area contributed by atoms with Crippen LogP contribution in [-0.4, -0.2) is 45.6 Å². The van der Waals surface area contributed by atoms with Crippen molar-refractivity contribution in [1.29, 1.82) is 0 Å². The lowest BCUT2D eigenvalue weighted by Gasteiger charge is -2.25. The van der Waals surface area contributed by atoms with E-state index in [1.807, 2.05) is 44.4 Å². The normalized spacial score (nSPS) is 12.4. The highest BCUT2D eigenvalue weighted by molar-refractivity contribution is 7.89. The van der Waals surface area contributed by atoms with Gasteiger partial charge in [-0.3, -0.25) is 9.59 Å². The van der Waals surface area contributed by atoms with Gasteiger partial charge in [-0.25, -0.2) is 13.1 Å². The van der Waals surface area contributed by atoms with Gasteiger partial charge in [0.25, 0.3) is 5.91 Å². The van der Waals surface area contributed by atoms with E-state index in [9.17, 15) is 18.0 Å². The van der Waals surface area contributed by atoms with Gasteiger partial charge in [0, 0.05) is 24.2 Å². The van der Waals surface area contributed by atoms with Crippen molar-refractivity contribution in [3.8, 4) is 0 Å². The molecule has 1 amide bonds. The van der Waals surface area contributed by atoms with Crippen LogP contribution in [-0.2, 0) is 16.6 Å². The fraction of sp³-hybridized carbons (Fsp3) is 0.231. The van der Waals surface area contributed by atoms with E-state index in [2.05, 4.69) is 14.9 Å². The molecule has 0 bridgehead atoms. The number of benzene rings is 3. The fourth-order valence-electron chi connectivity index (χ4n) is 3.47. The first-order valence-corrected chi connectivity index (χ1v) is 12.3. The third-order valence-electron chi connectivity index (χ3n) is 5.52. The molecule has 0 heterocycles. The van der Waals surface area contributed by atoms with E-state index in [1.165, 1.54) is 31.2 Å². The van der Waals surface area contributed by atoms with Gasteiger partial charge in [-0.05, 0) is 56.4 Å². The fourth-order valence-corrected chi connectivity index (χ4v) is 4.49. The molecule has 0 spiro atoms. The second-order valence-corrected chi connectivity index (χ2v) is 9.97. The Morgan fingerprint density at radius 1 is 0.853 bits per heavy atom. The van der Waals surface area contributed by atoms with Crippen molar-refractivity contribution in [3.05, 3.63) is 101 Å². The number of Topliss-reactive ketones (excluding diaryl/α,β-unsaturated/α-hetero) is 1. The van der Waals surface area contributed by atoms with Crippen LogP contribution in [0.1, 0.15) is 44.8 Å². The van der Waals surface area contributed by atoms with Gasteiger partial charge in [-0.2, -0.15) is 0 Å². The minimum Gasteiger partial charge on any atom is -0.350 e. The van der Waals surface area contributed by atoms with E-state index in [0.717, 1.165) is 11.1 Å². The van der Waals surface area contributed by atoms with Crippen molar-refractivity contribution >= 4 is 21.7 Å². The number of sulfonamides is 1. The first-order chi connectivity index (χ1) is 16.2. The molecule has 2 N–H and O–H groups in total. The van der Waals surface area contributed by atoms with Crippen LogP contribution in [0, 0.1) is 0 Å². The number of carbonyl (C=O) groups excluding carboxylic acids is 2. The molecule has 3 aromatic rings. The lowest BCUT2D eigenvalue weighted by molar-refractivity contribution is 0.0941. The molecule has 0 aromatic heterocycles. The van der Waals surface area contributed by atoms with Gasteiger partial charge in [-0.15, -0.1) is 0 Å². The van der Waals surface area contributed by atoms with Crippen LogP contribution in [0.5, 0.6) is 0 Å². The van der Waals surface area contributed by atoms with Crippen LogP contribution in [0.3, 0.4) is 0 Å². The summed E-state index contributed by atoms with van der Waals surface area (Å²) in [6, 6.07) is 22.6. The maximum absolute atomic E-state index is 12.6. The summed E-state index contributed by atoms with van der Waals surface area (Å²) in [4.78, 5) is 26.1. The van der Waals surface area contributed by atoms with E-state index in [0.29, 0.717) is 17.7 Å². The Balaban J connectivity index is 1.57. The quantitative estimate of drug-likeness (QED) is 0.435. The van der Waals surface area contributed by atoms with E-state index in [1.54, 1.807) is 24.3 Å².